The number of methoxy groups -OCH3 is 1. The highest BCUT2D eigenvalue weighted by molar-refractivity contribution is 5.79. The van der Waals surface area contributed by atoms with Crippen LogP contribution >= 0.6 is 0 Å². The van der Waals surface area contributed by atoms with Gasteiger partial charge in [0.1, 0.15) is 6.33 Å². The third-order valence-electron chi connectivity index (χ3n) is 5.05. The Kier molecular flexibility index (Phi) is 4.93. The predicted molar refractivity (Wildman–Crippen MR) is 80.6 cm³/mol. The highest BCUT2D eigenvalue weighted by Crippen LogP contribution is 2.52. The van der Waals surface area contributed by atoms with Crippen molar-refractivity contribution in [3.05, 3.63) is 24.3 Å². The van der Waals surface area contributed by atoms with Gasteiger partial charge in [-0.2, -0.15) is 0 Å². The third kappa shape index (κ3) is 2.79. The number of ether oxygens (including phenoxy) is 1. The largest absolute Gasteiger partial charge is 0.380 e. The summed E-state index contributed by atoms with van der Waals surface area (Å²) in [6.45, 7) is 6.49. The Morgan fingerprint density at radius 2 is 1.95 bits per heavy atom. The zero-order valence-electron chi connectivity index (χ0n) is 13.3. The molecule has 3 atom stereocenters. The van der Waals surface area contributed by atoms with Crippen molar-refractivity contribution in [1.29, 1.82) is 0 Å². The third-order valence-corrected chi connectivity index (χ3v) is 5.05. The predicted octanol–water partition coefficient (Wildman–Crippen LogP) is 1.97. The monoisotopic (exact) mass is 291 g/mol. The lowest BCUT2D eigenvalue weighted by Gasteiger charge is -2.59. The number of aromatic nitrogens is 2. The molecule has 5 nitrogen and oxygen atoms in total. The van der Waals surface area contributed by atoms with E-state index in [1.165, 1.54) is 6.33 Å². The molecular weight excluding hydrogens is 266 g/mol. The summed E-state index contributed by atoms with van der Waals surface area (Å²) in [5.41, 5.74) is 0.890. The van der Waals surface area contributed by atoms with Crippen molar-refractivity contribution in [2.45, 2.75) is 52.2 Å². The fourth-order valence-corrected chi connectivity index (χ4v) is 3.93. The van der Waals surface area contributed by atoms with Crippen molar-refractivity contribution in [3.8, 4) is 0 Å². The van der Waals surface area contributed by atoms with Crippen molar-refractivity contribution < 1.29 is 9.53 Å². The van der Waals surface area contributed by atoms with Crippen LogP contribution in [0.15, 0.2) is 18.7 Å². The zero-order chi connectivity index (χ0) is 15.5. The molecule has 0 saturated heterocycles. The summed E-state index contributed by atoms with van der Waals surface area (Å²) in [4.78, 5) is 20.2. The Morgan fingerprint density at radius 3 is 2.48 bits per heavy atom. The summed E-state index contributed by atoms with van der Waals surface area (Å²) in [6, 6.07) is 0.176. The van der Waals surface area contributed by atoms with Gasteiger partial charge < -0.3 is 10.1 Å². The van der Waals surface area contributed by atoms with Crippen LogP contribution in [0.4, 0.5) is 0 Å². The molecule has 21 heavy (non-hydrogen) atoms. The Labute approximate surface area is 126 Å². The number of amides is 1. The van der Waals surface area contributed by atoms with E-state index in [1.807, 2.05) is 0 Å². The van der Waals surface area contributed by atoms with Crippen LogP contribution in [-0.4, -0.2) is 35.1 Å². The van der Waals surface area contributed by atoms with Gasteiger partial charge in [-0.3, -0.25) is 4.79 Å². The molecule has 1 N–H and O–H groups in total. The molecule has 3 unspecified atom stereocenters. The number of hydrogen-bond donors (Lipinski definition) is 1. The first kappa shape index (κ1) is 15.9. The SMILES string of the molecule is CCC1(CC)C(NC(=O)Cc2cncnc2)C(C)C1OC. The molecule has 2 rings (SSSR count). The fourth-order valence-electron chi connectivity index (χ4n) is 3.93. The summed E-state index contributed by atoms with van der Waals surface area (Å²) in [6.07, 6.45) is 7.39. The van der Waals surface area contributed by atoms with E-state index in [9.17, 15) is 4.79 Å². The second-order valence-electron chi connectivity index (χ2n) is 5.92. The van der Waals surface area contributed by atoms with Crippen LogP contribution in [0.3, 0.4) is 0 Å². The maximum Gasteiger partial charge on any atom is 0.224 e. The molecule has 1 aromatic heterocycles. The van der Waals surface area contributed by atoms with Gasteiger partial charge in [-0.25, -0.2) is 9.97 Å². The molecule has 0 spiro atoms. The smallest absolute Gasteiger partial charge is 0.224 e. The lowest BCUT2D eigenvalue weighted by molar-refractivity contribution is -0.172. The number of carbonyl (C=O) groups is 1. The summed E-state index contributed by atoms with van der Waals surface area (Å²) in [5.74, 6) is 0.369. The normalized spacial score (nSPS) is 27.0. The second kappa shape index (κ2) is 6.52. The minimum atomic E-state index is 0.0301. The molecule has 1 aliphatic carbocycles. The topological polar surface area (TPSA) is 64.1 Å². The van der Waals surface area contributed by atoms with E-state index in [0.29, 0.717) is 12.3 Å². The van der Waals surface area contributed by atoms with Gasteiger partial charge in [-0.1, -0.05) is 20.8 Å². The summed E-state index contributed by atoms with van der Waals surface area (Å²) < 4.78 is 5.65. The Morgan fingerprint density at radius 1 is 1.33 bits per heavy atom. The highest BCUT2D eigenvalue weighted by atomic mass is 16.5. The number of hydrogen-bond acceptors (Lipinski definition) is 4. The quantitative estimate of drug-likeness (QED) is 0.870. The van der Waals surface area contributed by atoms with E-state index >= 15 is 0 Å². The van der Waals surface area contributed by atoms with Gasteiger partial charge in [0.25, 0.3) is 0 Å². The van der Waals surface area contributed by atoms with Crippen LogP contribution in [0.1, 0.15) is 39.2 Å². The molecular formula is C16H25N3O2. The molecule has 1 aliphatic rings. The number of carbonyl (C=O) groups excluding carboxylic acids is 1. The second-order valence-corrected chi connectivity index (χ2v) is 5.92. The average Bonchev–Trinajstić information content (AvgIpc) is 2.51. The Bertz CT molecular complexity index is 474. The maximum absolute atomic E-state index is 12.3. The Balaban J connectivity index is 2.03. The van der Waals surface area contributed by atoms with Gasteiger partial charge in [-0.05, 0) is 18.4 Å². The summed E-state index contributed by atoms with van der Waals surface area (Å²) in [5, 5.41) is 3.20. The van der Waals surface area contributed by atoms with Crippen LogP contribution in [-0.2, 0) is 16.0 Å². The lowest BCUT2D eigenvalue weighted by Crippen LogP contribution is -2.70. The molecule has 1 amide bonds. The standard InChI is InChI=1S/C16H25N3O2/c1-5-16(6-2)14(11(3)15(16)21-4)19-13(20)7-12-8-17-10-18-9-12/h8-11,14-15H,5-7H2,1-4H3,(H,19,20). The van der Waals surface area contributed by atoms with Gasteiger partial charge in [0.2, 0.25) is 5.91 Å². The molecule has 1 aromatic rings. The van der Waals surface area contributed by atoms with Crippen LogP contribution in [0.5, 0.6) is 0 Å². The van der Waals surface area contributed by atoms with Gasteiger partial charge in [-0.15, -0.1) is 0 Å². The first-order chi connectivity index (χ1) is 10.1. The molecule has 1 heterocycles. The summed E-state index contributed by atoms with van der Waals surface area (Å²) in [7, 11) is 1.76. The maximum atomic E-state index is 12.3. The van der Waals surface area contributed by atoms with Crippen LogP contribution in [0.2, 0.25) is 0 Å². The first-order valence-electron chi connectivity index (χ1n) is 7.65. The number of nitrogens with zero attached hydrogens (tertiary/aromatic N) is 2. The van der Waals surface area contributed by atoms with E-state index in [4.69, 9.17) is 4.74 Å². The first-order valence-corrected chi connectivity index (χ1v) is 7.65. The van der Waals surface area contributed by atoms with Gasteiger partial charge in [0.05, 0.1) is 12.5 Å². The zero-order valence-corrected chi connectivity index (χ0v) is 13.3. The molecule has 0 radical (unpaired) electrons. The van der Waals surface area contributed by atoms with Crippen molar-refractivity contribution in [1.82, 2.24) is 15.3 Å². The minimum Gasteiger partial charge on any atom is -0.380 e. The minimum absolute atomic E-state index is 0.0301. The molecule has 1 saturated carbocycles. The molecule has 0 bridgehead atoms. The van der Waals surface area contributed by atoms with E-state index in [-0.39, 0.29) is 23.5 Å². The van der Waals surface area contributed by atoms with E-state index in [1.54, 1.807) is 19.5 Å². The molecule has 116 valence electrons. The van der Waals surface area contributed by atoms with E-state index < -0.39 is 0 Å². The van der Waals surface area contributed by atoms with Gasteiger partial charge in [0, 0.05) is 36.9 Å². The molecule has 0 aliphatic heterocycles. The molecule has 5 heteroatoms. The molecule has 0 aromatic carbocycles. The van der Waals surface area contributed by atoms with Crippen LogP contribution in [0, 0.1) is 11.3 Å². The van der Waals surface area contributed by atoms with Crippen LogP contribution in [0.25, 0.3) is 0 Å². The average molecular weight is 291 g/mol. The fraction of sp³-hybridized carbons (Fsp3) is 0.688. The Hall–Kier alpha value is -1.49. The molecule has 1 fully saturated rings. The van der Waals surface area contributed by atoms with Crippen molar-refractivity contribution in [2.24, 2.45) is 11.3 Å². The van der Waals surface area contributed by atoms with Crippen molar-refractivity contribution in [2.75, 3.05) is 7.11 Å². The highest BCUT2D eigenvalue weighted by Gasteiger charge is 2.58. The lowest BCUT2D eigenvalue weighted by atomic mass is 9.53. The van der Waals surface area contributed by atoms with Crippen molar-refractivity contribution >= 4 is 5.91 Å². The van der Waals surface area contributed by atoms with E-state index in [2.05, 4.69) is 36.1 Å². The van der Waals surface area contributed by atoms with Crippen LogP contribution < -0.4 is 5.32 Å². The van der Waals surface area contributed by atoms with E-state index in [0.717, 1.165) is 18.4 Å². The number of nitrogens with one attached hydrogen (secondary N) is 1. The van der Waals surface area contributed by atoms with Gasteiger partial charge >= 0.3 is 0 Å². The van der Waals surface area contributed by atoms with Crippen molar-refractivity contribution in [3.63, 3.8) is 0 Å². The summed E-state index contributed by atoms with van der Waals surface area (Å²) >= 11 is 0. The number of rotatable bonds is 6. The van der Waals surface area contributed by atoms with Gasteiger partial charge in [0.15, 0.2) is 0 Å².